The van der Waals surface area contributed by atoms with Crippen LogP contribution in [-0.2, 0) is 9.84 Å². The zero-order valence-corrected chi connectivity index (χ0v) is 11.3. The highest BCUT2D eigenvalue weighted by molar-refractivity contribution is 7.91. The van der Waals surface area contributed by atoms with Crippen LogP contribution in [0.25, 0.3) is 0 Å². The lowest BCUT2D eigenvalue weighted by Gasteiger charge is -2.07. The Morgan fingerprint density at radius 1 is 1.29 bits per heavy atom. The van der Waals surface area contributed by atoms with Crippen molar-refractivity contribution in [2.45, 2.75) is 37.2 Å². The minimum Gasteiger partial charge on any atom is -0.393 e. The molecule has 0 aromatic heterocycles. The summed E-state index contributed by atoms with van der Waals surface area (Å²) in [5.74, 6) is 0.0729. The Morgan fingerprint density at radius 3 is 2.53 bits per heavy atom. The molecule has 0 bridgehead atoms. The maximum atomic E-state index is 12.0. The lowest BCUT2D eigenvalue weighted by molar-refractivity contribution is 0.181. The minimum atomic E-state index is -3.30. The lowest BCUT2D eigenvalue weighted by Crippen LogP contribution is -2.08. The molecule has 0 saturated heterocycles. The van der Waals surface area contributed by atoms with Gasteiger partial charge in [0.25, 0.3) is 0 Å². The lowest BCUT2D eigenvalue weighted by atomic mass is 10.2. The van der Waals surface area contributed by atoms with Crippen LogP contribution < -0.4 is 0 Å². The van der Waals surface area contributed by atoms with Crippen molar-refractivity contribution in [3.63, 3.8) is 0 Å². The molecule has 0 fully saturated rings. The van der Waals surface area contributed by atoms with Gasteiger partial charge in [0.1, 0.15) is 0 Å². The van der Waals surface area contributed by atoms with E-state index in [-0.39, 0.29) is 21.8 Å². The Labute approximate surface area is 107 Å². The fraction of sp³-hybridized carbons (Fsp3) is 0.500. The molecule has 0 aliphatic rings. The standard InChI is InChI=1S/C12H17ClO3S/c1-10(14)6-4-5-9-17(15,16)12-8-3-2-7-11(12)13/h2-3,7-8,10,14H,4-6,9H2,1H3. The Bertz CT molecular complexity index is 455. The molecule has 0 heterocycles. The van der Waals surface area contributed by atoms with E-state index >= 15 is 0 Å². The number of sulfone groups is 1. The molecule has 0 aliphatic carbocycles. The van der Waals surface area contributed by atoms with Crippen LogP contribution in [0.1, 0.15) is 26.2 Å². The summed E-state index contributed by atoms with van der Waals surface area (Å²) < 4.78 is 23.9. The van der Waals surface area contributed by atoms with E-state index in [0.717, 1.165) is 0 Å². The van der Waals surface area contributed by atoms with Crippen LogP contribution in [0.4, 0.5) is 0 Å². The Balaban J connectivity index is 2.61. The van der Waals surface area contributed by atoms with Crippen LogP contribution in [0, 0.1) is 0 Å². The highest BCUT2D eigenvalue weighted by Gasteiger charge is 2.16. The summed E-state index contributed by atoms with van der Waals surface area (Å²) in [6.07, 6.45) is 1.48. The van der Waals surface area contributed by atoms with Crippen LogP contribution in [-0.4, -0.2) is 25.4 Å². The van der Waals surface area contributed by atoms with Crippen molar-refractivity contribution in [3.8, 4) is 0 Å². The predicted octanol–water partition coefficient (Wildman–Crippen LogP) is 2.66. The average molecular weight is 277 g/mol. The van der Waals surface area contributed by atoms with Crippen LogP contribution in [0.2, 0.25) is 5.02 Å². The van der Waals surface area contributed by atoms with E-state index in [0.29, 0.717) is 19.3 Å². The van der Waals surface area contributed by atoms with Crippen LogP contribution in [0.15, 0.2) is 29.2 Å². The molecule has 1 N–H and O–H groups in total. The zero-order valence-electron chi connectivity index (χ0n) is 9.77. The molecular formula is C12H17ClO3S. The van der Waals surface area contributed by atoms with Gasteiger partial charge < -0.3 is 5.11 Å². The van der Waals surface area contributed by atoms with Crippen molar-refractivity contribution >= 4 is 21.4 Å². The van der Waals surface area contributed by atoms with Gasteiger partial charge in [-0.1, -0.05) is 23.7 Å². The summed E-state index contributed by atoms with van der Waals surface area (Å²) in [6, 6.07) is 6.46. The molecule has 3 nitrogen and oxygen atoms in total. The SMILES string of the molecule is CC(O)CCCCS(=O)(=O)c1ccccc1Cl. The first-order valence-corrected chi connectivity index (χ1v) is 7.62. The number of benzene rings is 1. The van der Waals surface area contributed by atoms with Gasteiger partial charge in [0.15, 0.2) is 9.84 Å². The molecular weight excluding hydrogens is 260 g/mol. The molecule has 0 saturated carbocycles. The van der Waals surface area contributed by atoms with Gasteiger partial charge in [0, 0.05) is 0 Å². The molecule has 1 rings (SSSR count). The van der Waals surface area contributed by atoms with Gasteiger partial charge in [-0.05, 0) is 38.3 Å². The van der Waals surface area contributed by atoms with Crippen molar-refractivity contribution < 1.29 is 13.5 Å². The first-order valence-electron chi connectivity index (χ1n) is 5.59. The normalized spacial score (nSPS) is 13.6. The third-order valence-electron chi connectivity index (χ3n) is 2.46. The van der Waals surface area contributed by atoms with Crippen molar-refractivity contribution in [3.05, 3.63) is 29.3 Å². The predicted molar refractivity (Wildman–Crippen MR) is 69.0 cm³/mol. The van der Waals surface area contributed by atoms with E-state index in [1.54, 1.807) is 25.1 Å². The summed E-state index contributed by atoms with van der Waals surface area (Å²) in [6.45, 7) is 1.70. The maximum Gasteiger partial charge on any atom is 0.179 e. The number of rotatable bonds is 6. The van der Waals surface area contributed by atoms with Gasteiger partial charge in [-0.15, -0.1) is 0 Å². The summed E-state index contributed by atoms with van der Waals surface area (Å²) in [5.41, 5.74) is 0. The van der Waals surface area contributed by atoms with Gasteiger partial charge in [-0.2, -0.15) is 0 Å². The monoisotopic (exact) mass is 276 g/mol. The summed E-state index contributed by atoms with van der Waals surface area (Å²) in [7, 11) is -3.30. The molecule has 1 aromatic rings. The van der Waals surface area contributed by atoms with E-state index in [1.165, 1.54) is 6.07 Å². The molecule has 17 heavy (non-hydrogen) atoms. The number of unbranched alkanes of at least 4 members (excludes halogenated alkanes) is 1. The Kier molecular flexibility index (Phi) is 5.43. The minimum absolute atomic E-state index is 0.0729. The molecule has 5 heteroatoms. The van der Waals surface area contributed by atoms with Crippen molar-refractivity contribution in [2.75, 3.05) is 5.75 Å². The van der Waals surface area contributed by atoms with Crippen LogP contribution in [0.3, 0.4) is 0 Å². The Hall–Kier alpha value is -0.580. The second kappa shape index (κ2) is 6.38. The van der Waals surface area contributed by atoms with Crippen LogP contribution >= 0.6 is 11.6 Å². The summed E-state index contributed by atoms with van der Waals surface area (Å²) in [4.78, 5) is 0.193. The maximum absolute atomic E-state index is 12.0. The molecule has 0 aliphatic heterocycles. The highest BCUT2D eigenvalue weighted by Crippen LogP contribution is 2.22. The van der Waals surface area contributed by atoms with Gasteiger partial charge in [0.05, 0.1) is 21.8 Å². The van der Waals surface area contributed by atoms with Gasteiger partial charge in [0.2, 0.25) is 0 Å². The second-order valence-corrected chi connectivity index (χ2v) is 6.58. The number of aliphatic hydroxyl groups excluding tert-OH is 1. The average Bonchev–Trinajstić information content (AvgIpc) is 2.24. The molecule has 1 aromatic carbocycles. The first-order chi connectivity index (χ1) is 7.93. The van der Waals surface area contributed by atoms with Gasteiger partial charge >= 0.3 is 0 Å². The topological polar surface area (TPSA) is 54.4 Å². The fourth-order valence-electron chi connectivity index (χ4n) is 1.54. The van der Waals surface area contributed by atoms with Gasteiger partial charge in [-0.25, -0.2) is 8.42 Å². The molecule has 96 valence electrons. The fourth-order valence-corrected chi connectivity index (χ4v) is 3.48. The number of aliphatic hydroxyl groups is 1. The van der Waals surface area contributed by atoms with Gasteiger partial charge in [-0.3, -0.25) is 0 Å². The first kappa shape index (κ1) is 14.5. The molecule has 0 radical (unpaired) electrons. The molecule has 1 atom stereocenters. The smallest absolute Gasteiger partial charge is 0.179 e. The van der Waals surface area contributed by atoms with Crippen molar-refractivity contribution in [1.82, 2.24) is 0 Å². The number of hydrogen-bond donors (Lipinski definition) is 1. The van der Waals surface area contributed by atoms with Crippen LogP contribution in [0.5, 0.6) is 0 Å². The quantitative estimate of drug-likeness (QED) is 0.813. The summed E-state index contributed by atoms with van der Waals surface area (Å²) in [5, 5.41) is 9.34. The van der Waals surface area contributed by atoms with Crippen molar-refractivity contribution in [2.24, 2.45) is 0 Å². The highest BCUT2D eigenvalue weighted by atomic mass is 35.5. The van der Waals surface area contributed by atoms with E-state index < -0.39 is 9.84 Å². The van der Waals surface area contributed by atoms with E-state index in [9.17, 15) is 8.42 Å². The summed E-state index contributed by atoms with van der Waals surface area (Å²) >= 11 is 5.85. The third kappa shape index (κ3) is 4.66. The number of hydrogen-bond acceptors (Lipinski definition) is 3. The van der Waals surface area contributed by atoms with Crippen molar-refractivity contribution in [1.29, 1.82) is 0 Å². The van der Waals surface area contributed by atoms with E-state index in [1.807, 2.05) is 0 Å². The molecule has 0 amide bonds. The third-order valence-corrected chi connectivity index (χ3v) is 4.75. The Morgan fingerprint density at radius 2 is 1.94 bits per heavy atom. The van der Waals surface area contributed by atoms with E-state index in [4.69, 9.17) is 16.7 Å². The molecule has 1 unspecified atom stereocenters. The largest absolute Gasteiger partial charge is 0.393 e. The molecule has 0 spiro atoms. The van der Waals surface area contributed by atoms with E-state index in [2.05, 4.69) is 0 Å². The second-order valence-electron chi connectivity index (χ2n) is 4.09. The number of halogens is 1. The zero-order chi connectivity index (χ0) is 12.9.